The van der Waals surface area contributed by atoms with Crippen molar-refractivity contribution in [2.45, 2.75) is 24.9 Å². The van der Waals surface area contributed by atoms with Crippen molar-refractivity contribution in [2.24, 2.45) is 16.5 Å². The minimum absolute atomic E-state index is 0.0907. The third kappa shape index (κ3) is 5.54. The van der Waals surface area contributed by atoms with Crippen LogP contribution in [-0.2, 0) is 6.18 Å². The van der Waals surface area contributed by atoms with E-state index in [-0.39, 0.29) is 17.0 Å². The van der Waals surface area contributed by atoms with E-state index >= 15 is 0 Å². The molecule has 0 saturated carbocycles. The third-order valence-corrected chi connectivity index (χ3v) is 6.13. The number of pyridine rings is 1. The summed E-state index contributed by atoms with van der Waals surface area (Å²) in [5, 5.41) is 0. The number of piperidine rings is 1. The number of guanidine groups is 1. The monoisotopic (exact) mass is 495 g/mol. The molecule has 3 aromatic rings. The number of carbonyl (C=O) groups is 2. The van der Waals surface area contributed by atoms with Crippen molar-refractivity contribution in [3.05, 3.63) is 89.1 Å². The van der Waals surface area contributed by atoms with Crippen molar-refractivity contribution in [1.82, 2.24) is 9.88 Å². The predicted octanol–water partition coefficient (Wildman–Crippen LogP) is 4.20. The lowest BCUT2D eigenvalue weighted by molar-refractivity contribution is -0.138. The zero-order valence-corrected chi connectivity index (χ0v) is 19.2. The maximum absolute atomic E-state index is 13.8. The first-order valence-corrected chi connectivity index (χ1v) is 11.3. The molecule has 4 N–H and O–H groups in total. The minimum Gasteiger partial charge on any atom is -0.370 e. The summed E-state index contributed by atoms with van der Waals surface area (Å²) in [6.45, 7) is 0.618. The molecule has 1 aromatic heterocycles. The van der Waals surface area contributed by atoms with Crippen molar-refractivity contribution >= 4 is 17.8 Å². The second kappa shape index (κ2) is 10.2. The van der Waals surface area contributed by atoms with E-state index in [2.05, 4.69) is 9.98 Å². The highest BCUT2D eigenvalue weighted by Gasteiger charge is 2.37. The highest BCUT2D eigenvalue weighted by Crippen LogP contribution is 2.39. The van der Waals surface area contributed by atoms with Crippen LogP contribution in [0.15, 0.2) is 71.9 Å². The molecule has 186 valence electrons. The van der Waals surface area contributed by atoms with Gasteiger partial charge < -0.3 is 16.4 Å². The van der Waals surface area contributed by atoms with E-state index in [1.807, 2.05) is 24.3 Å². The van der Waals surface area contributed by atoms with Crippen LogP contribution in [0.25, 0.3) is 11.3 Å². The van der Waals surface area contributed by atoms with Crippen molar-refractivity contribution in [3.63, 3.8) is 0 Å². The molecule has 36 heavy (non-hydrogen) atoms. The Morgan fingerprint density at radius 1 is 0.944 bits per heavy atom. The Hall–Kier alpha value is -4.21. The molecule has 4 rings (SSSR count). The molecule has 1 fully saturated rings. The quantitative estimate of drug-likeness (QED) is 0.416. The molecule has 2 aromatic carbocycles. The minimum atomic E-state index is -4.66. The van der Waals surface area contributed by atoms with Crippen molar-refractivity contribution in [1.29, 1.82) is 0 Å². The Morgan fingerprint density at radius 3 is 2.33 bits per heavy atom. The zero-order chi connectivity index (χ0) is 25.9. The first kappa shape index (κ1) is 24.9. The highest BCUT2D eigenvalue weighted by molar-refractivity contribution is 6.02. The van der Waals surface area contributed by atoms with Gasteiger partial charge in [-0.3, -0.25) is 14.6 Å². The normalized spacial score (nSPS) is 14.4. The number of hydrogen-bond donors (Lipinski definition) is 2. The highest BCUT2D eigenvalue weighted by atomic mass is 19.4. The first-order valence-electron chi connectivity index (χ1n) is 11.3. The van der Waals surface area contributed by atoms with Crippen LogP contribution in [0.1, 0.15) is 50.6 Å². The van der Waals surface area contributed by atoms with Crippen LogP contribution < -0.4 is 11.5 Å². The Bertz CT molecular complexity index is 1300. The summed E-state index contributed by atoms with van der Waals surface area (Å²) >= 11 is 0. The van der Waals surface area contributed by atoms with E-state index < -0.39 is 29.5 Å². The van der Waals surface area contributed by atoms with E-state index in [9.17, 15) is 22.8 Å². The smallest absolute Gasteiger partial charge is 0.370 e. The molecular formula is C26H24F3N5O2. The molecule has 0 radical (unpaired) electrons. The molecule has 1 aliphatic rings. The van der Waals surface area contributed by atoms with E-state index in [0.29, 0.717) is 31.5 Å². The van der Waals surface area contributed by atoms with E-state index in [1.165, 1.54) is 12.1 Å². The second-order valence-corrected chi connectivity index (χ2v) is 8.50. The van der Waals surface area contributed by atoms with Crippen LogP contribution in [0, 0.1) is 0 Å². The summed E-state index contributed by atoms with van der Waals surface area (Å²) in [6, 6.07) is 16.0. The lowest BCUT2D eigenvalue weighted by Gasteiger charge is -2.33. The van der Waals surface area contributed by atoms with E-state index in [4.69, 9.17) is 11.5 Å². The first-order chi connectivity index (χ1) is 17.1. The SMILES string of the molecule is NC(N)=NC(=O)c1ccc(C2CCN(C(=O)c3cccc(-c4ccccn4)c3)CC2)c(C(F)(F)F)c1. The number of amides is 2. The molecule has 0 bridgehead atoms. The predicted molar refractivity (Wildman–Crippen MR) is 129 cm³/mol. The van der Waals surface area contributed by atoms with Gasteiger partial charge in [-0.1, -0.05) is 24.3 Å². The van der Waals surface area contributed by atoms with Crippen molar-refractivity contribution < 1.29 is 22.8 Å². The number of nitrogens with zero attached hydrogens (tertiary/aromatic N) is 3. The number of carbonyl (C=O) groups excluding carboxylic acids is 2. The largest absolute Gasteiger partial charge is 0.416 e. The molecule has 2 amide bonds. The van der Waals surface area contributed by atoms with Gasteiger partial charge in [0.25, 0.3) is 11.8 Å². The Kier molecular flexibility index (Phi) is 7.05. The number of benzene rings is 2. The van der Waals surface area contributed by atoms with Crippen LogP contribution in [0.5, 0.6) is 0 Å². The van der Waals surface area contributed by atoms with Crippen LogP contribution >= 0.6 is 0 Å². The van der Waals surface area contributed by atoms with Gasteiger partial charge in [0, 0.05) is 36.0 Å². The molecule has 0 atom stereocenters. The number of aromatic nitrogens is 1. The average Bonchev–Trinajstić information content (AvgIpc) is 2.88. The number of alkyl halides is 3. The second-order valence-electron chi connectivity index (χ2n) is 8.50. The van der Waals surface area contributed by atoms with Crippen molar-refractivity contribution in [3.8, 4) is 11.3 Å². The van der Waals surface area contributed by atoms with Crippen molar-refractivity contribution in [2.75, 3.05) is 13.1 Å². The van der Waals surface area contributed by atoms with Crippen LogP contribution in [0.3, 0.4) is 0 Å². The third-order valence-electron chi connectivity index (χ3n) is 6.13. The van der Waals surface area contributed by atoms with Gasteiger partial charge in [0.1, 0.15) is 0 Å². The summed E-state index contributed by atoms with van der Waals surface area (Å²) in [7, 11) is 0. The molecular weight excluding hydrogens is 471 g/mol. The molecule has 2 heterocycles. The zero-order valence-electron chi connectivity index (χ0n) is 19.2. The maximum Gasteiger partial charge on any atom is 0.416 e. The molecule has 1 saturated heterocycles. The Labute approximate surface area is 205 Å². The standard InChI is InChI=1S/C26H24F3N5O2/c27-26(28,29)21-15-18(23(35)33-25(30)31)7-8-20(21)16-9-12-34(13-10-16)24(36)19-5-3-4-17(14-19)22-6-1-2-11-32-22/h1-8,11,14-16H,9-10,12-13H2,(H4,30,31,33,35). The fourth-order valence-electron chi connectivity index (χ4n) is 4.39. The number of rotatable bonds is 4. The van der Waals surface area contributed by atoms with Crippen LogP contribution in [0.2, 0.25) is 0 Å². The van der Waals surface area contributed by atoms with Crippen LogP contribution in [0.4, 0.5) is 13.2 Å². The van der Waals surface area contributed by atoms with Gasteiger partial charge in [-0.15, -0.1) is 0 Å². The average molecular weight is 496 g/mol. The van der Waals surface area contributed by atoms with E-state index in [0.717, 1.165) is 17.3 Å². The molecule has 10 heteroatoms. The number of aliphatic imine (C=N–C) groups is 1. The van der Waals surface area contributed by atoms with Gasteiger partial charge in [0.2, 0.25) is 0 Å². The van der Waals surface area contributed by atoms with Crippen LogP contribution in [-0.4, -0.2) is 40.7 Å². The summed E-state index contributed by atoms with van der Waals surface area (Å²) in [5.74, 6) is -2.07. The lowest BCUT2D eigenvalue weighted by atomic mass is 9.85. The Morgan fingerprint density at radius 2 is 1.69 bits per heavy atom. The fourth-order valence-corrected chi connectivity index (χ4v) is 4.39. The van der Waals surface area contributed by atoms with Gasteiger partial charge in [0.05, 0.1) is 11.3 Å². The van der Waals surface area contributed by atoms with Gasteiger partial charge in [0.15, 0.2) is 5.96 Å². The lowest BCUT2D eigenvalue weighted by Crippen LogP contribution is -2.38. The number of nitrogens with two attached hydrogens (primary N) is 2. The summed E-state index contributed by atoms with van der Waals surface area (Å²) in [4.78, 5) is 34.4. The molecule has 7 nitrogen and oxygen atoms in total. The van der Waals surface area contributed by atoms with Gasteiger partial charge in [-0.25, -0.2) is 0 Å². The van der Waals surface area contributed by atoms with Gasteiger partial charge >= 0.3 is 6.18 Å². The number of likely N-dealkylation sites (tertiary alicyclic amines) is 1. The summed E-state index contributed by atoms with van der Waals surface area (Å²) in [5.41, 5.74) is 11.3. The number of halogens is 3. The van der Waals surface area contributed by atoms with Gasteiger partial charge in [-0.2, -0.15) is 18.2 Å². The molecule has 1 aliphatic heterocycles. The summed E-state index contributed by atoms with van der Waals surface area (Å²) in [6.07, 6.45) is -2.28. The van der Waals surface area contributed by atoms with Gasteiger partial charge in [-0.05, 0) is 60.7 Å². The molecule has 0 spiro atoms. The summed E-state index contributed by atoms with van der Waals surface area (Å²) < 4.78 is 41.5. The topological polar surface area (TPSA) is 115 Å². The molecule has 0 aliphatic carbocycles. The fraction of sp³-hybridized carbons (Fsp3) is 0.231. The number of hydrogen-bond acceptors (Lipinski definition) is 3. The molecule has 0 unspecified atom stereocenters. The maximum atomic E-state index is 13.8. The Balaban J connectivity index is 1.50. The van der Waals surface area contributed by atoms with E-state index in [1.54, 1.807) is 29.3 Å².